The average molecular weight is 398 g/mol. The van der Waals surface area contributed by atoms with E-state index in [1.165, 1.54) is 22.1 Å². The van der Waals surface area contributed by atoms with Crippen LogP contribution < -0.4 is 0 Å². The Balaban J connectivity index is 1.54. The molecule has 1 aromatic carbocycles. The number of nitrogens with zero attached hydrogens (tertiary/aromatic N) is 6. The molecular formula is C20H26N6O3. The number of carbonyl (C=O) groups excluding carboxylic acids is 2. The third-order valence-electron chi connectivity index (χ3n) is 6.05. The maximum atomic E-state index is 12.9. The van der Waals surface area contributed by atoms with Gasteiger partial charge in [-0.1, -0.05) is 24.3 Å². The first-order valence-electron chi connectivity index (χ1n) is 9.91. The zero-order valence-corrected chi connectivity index (χ0v) is 16.8. The van der Waals surface area contributed by atoms with Gasteiger partial charge in [0.25, 0.3) is 0 Å². The molecular weight excluding hydrogens is 372 g/mol. The lowest BCUT2D eigenvalue weighted by Gasteiger charge is -2.31. The maximum absolute atomic E-state index is 12.9. The Kier molecular flexibility index (Phi) is 5.57. The number of ether oxygens (including phenoxy) is 1. The molecule has 0 bridgehead atoms. The van der Waals surface area contributed by atoms with E-state index in [-0.39, 0.29) is 36.2 Å². The first-order chi connectivity index (χ1) is 14.1. The number of likely N-dealkylation sites (tertiary alicyclic amines) is 2. The average Bonchev–Trinajstić information content (AvgIpc) is 3.42. The van der Waals surface area contributed by atoms with Crippen molar-refractivity contribution in [2.75, 3.05) is 33.4 Å². The van der Waals surface area contributed by atoms with Gasteiger partial charge in [-0.3, -0.25) is 9.59 Å². The lowest BCUT2D eigenvalue weighted by molar-refractivity contribution is -0.134. The van der Waals surface area contributed by atoms with E-state index >= 15 is 0 Å². The second kappa shape index (κ2) is 8.28. The normalized spacial score (nSPS) is 23.4. The van der Waals surface area contributed by atoms with Gasteiger partial charge in [0.05, 0.1) is 19.1 Å². The van der Waals surface area contributed by atoms with Crippen LogP contribution in [0.2, 0.25) is 0 Å². The number of rotatable bonds is 6. The minimum absolute atomic E-state index is 0.00694. The number of carbonyl (C=O) groups is 2. The van der Waals surface area contributed by atoms with Gasteiger partial charge in [0, 0.05) is 38.6 Å². The molecule has 4 rings (SSSR count). The Hall–Kier alpha value is -2.81. The van der Waals surface area contributed by atoms with Crippen molar-refractivity contribution in [3.05, 3.63) is 41.7 Å². The number of hydrogen-bond donors (Lipinski definition) is 0. The Morgan fingerprint density at radius 2 is 2.00 bits per heavy atom. The molecule has 2 aliphatic heterocycles. The summed E-state index contributed by atoms with van der Waals surface area (Å²) in [5.74, 6) is 0.609. The molecule has 29 heavy (non-hydrogen) atoms. The molecule has 2 aliphatic rings. The molecule has 0 N–H and O–H groups in total. The van der Waals surface area contributed by atoms with Gasteiger partial charge < -0.3 is 14.5 Å². The van der Waals surface area contributed by atoms with Crippen molar-refractivity contribution in [2.45, 2.75) is 25.9 Å². The topological polar surface area (TPSA) is 93.5 Å². The lowest BCUT2D eigenvalue weighted by atomic mass is 9.87. The van der Waals surface area contributed by atoms with E-state index in [1.807, 2.05) is 21.9 Å². The van der Waals surface area contributed by atoms with Gasteiger partial charge in [0.1, 0.15) is 12.9 Å². The highest BCUT2D eigenvalue weighted by molar-refractivity contribution is 5.78. The fourth-order valence-corrected chi connectivity index (χ4v) is 4.65. The zero-order chi connectivity index (χ0) is 20.4. The first-order valence-corrected chi connectivity index (χ1v) is 9.91. The number of aryl methyl sites for hydroxylation is 1. The molecule has 0 saturated carbocycles. The molecule has 2 fully saturated rings. The third-order valence-corrected chi connectivity index (χ3v) is 6.05. The molecule has 9 heteroatoms. The van der Waals surface area contributed by atoms with Gasteiger partial charge in [0.2, 0.25) is 11.8 Å². The summed E-state index contributed by atoms with van der Waals surface area (Å²) >= 11 is 0. The number of aromatic nitrogens is 4. The standard InChI is InChI=1S/C20H26N6O3/c1-14-5-3-4-6-16(14)20-17-11-24(19(28)12-25-13-21-22-23-25)9-15(17)10-26(20)18(27)7-8-29-2/h3-6,13,15,17,20H,7-12H2,1-2H3/t15-,17-,20+/m0/s1. The van der Waals surface area contributed by atoms with Crippen molar-refractivity contribution in [1.29, 1.82) is 0 Å². The van der Waals surface area contributed by atoms with Crippen LogP contribution in [0.1, 0.15) is 23.6 Å². The fraction of sp³-hybridized carbons (Fsp3) is 0.550. The molecule has 0 spiro atoms. The Bertz CT molecular complexity index is 871. The van der Waals surface area contributed by atoms with Crippen molar-refractivity contribution < 1.29 is 14.3 Å². The van der Waals surface area contributed by atoms with Crippen LogP contribution in [0.25, 0.3) is 0 Å². The highest BCUT2D eigenvalue weighted by Gasteiger charge is 2.50. The summed E-state index contributed by atoms with van der Waals surface area (Å²) in [7, 11) is 1.61. The van der Waals surface area contributed by atoms with Crippen LogP contribution in [0.3, 0.4) is 0 Å². The molecule has 2 amide bonds. The van der Waals surface area contributed by atoms with Gasteiger partial charge in [0.15, 0.2) is 0 Å². The van der Waals surface area contributed by atoms with E-state index < -0.39 is 0 Å². The van der Waals surface area contributed by atoms with Gasteiger partial charge in [-0.15, -0.1) is 5.10 Å². The summed E-state index contributed by atoms with van der Waals surface area (Å²) in [6.07, 6.45) is 1.82. The predicted molar refractivity (Wildman–Crippen MR) is 104 cm³/mol. The second-order valence-corrected chi connectivity index (χ2v) is 7.82. The van der Waals surface area contributed by atoms with Crippen LogP contribution >= 0.6 is 0 Å². The van der Waals surface area contributed by atoms with Crippen molar-refractivity contribution in [2.24, 2.45) is 11.8 Å². The quantitative estimate of drug-likeness (QED) is 0.710. The molecule has 2 aromatic rings. The monoisotopic (exact) mass is 398 g/mol. The Morgan fingerprint density at radius 1 is 1.17 bits per heavy atom. The second-order valence-electron chi connectivity index (χ2n) is 7.82. The molecule has 2 saturated heterocycles. The molecule has 1 aromatic heterocycles. The van der Waals surface area contributed by atoms with E-state index in [2.05, 4.69) is 34.6 Å². The van der Waals surface area contributed by atoms with Crippen LogP contribution in [-0.2, 0) is 20.9 Å². The first kappa shape index (κ1) is 19.5. The number of fused-ring (bicyclic) bond motifs is 1. The van der Waals surface area contributed by atoms with Crippen LogP contribution in [0.5, 0.6) is 0 Å². The van der Waals surface area contributed by atoms with Crippen LogP contribution in [0, 0.1) is 18.8 Å². The van der Waals surface area contributed by atoms with Crippen molar-refractivity contribution in [1.82, 2.24) is 30.0 Å². The number of methoxy groups -OCH3 is 1. The summed E-state index contributed by atoms with van der Waals surface area (Å²) < 4.78 is 6.55. The van der Waals surface area contributed by atoms with Gasteiger partial charge in [-0.2, -0.15) is 0 Å². The van der Waals surface area contributed by atoms with Gasteiger partial charge in [-0.25, -0.2) is 4.68 Å². The number of hydrogen-bond acceptors (Lipinski definition) is 6. The fourth-order valence-electron chi connectivity index (χ4n) is 4.65. The predicted octanol–water partition coefficient (Wildman–Crippen LogP) is 0.676. The summed E-state index contributed by atoms with van der Waals surface area (Å²) in [6, 6.07) is 8.19. The third kappa shape index (κ3) is 3.87. The number of benzene rings is 1. The Morgan fingerprint density at radius 3 is 2.72 bits per heavy atom. The van der Waals surface area contributed by atoms with Crippen molar-refractivity contribution in [3.63, 3.8) is 0 Å². The minimum atomic E-state index is -0.0172. The summed E-state index contributed by atoms with van der Waals surface area (Å²) in [4.78, 5) is 29.5. The van der Waals surface area contributed by atoms with Crippen molar-refractivity contribution >= 4 is 11.8 Å². The molecule has 0 radical (unpaired) electrons. The Labute approximate surface area is 169 Å². The molecule has 154 valence electrons. The van der Waals surface area contributed by atoms with Crippen molar-refractivity contribution in [3.8, 4) is 0 Å². The van der Waals surface area contributed by atoms with Crippen LogP contribution in [0.15, 0.2) is 30.6 Å². The van der Waals surface area contributed by atoms with E-state index in [1.54, 1.807) is 7.11 Å². The summed E-state index contributed by atoms with van der Waals surface area (Å²) in [5, 5.41) is 10.9. The lowest BCUT2D eigenvalue weighted by Crippen LogP contribution is -2.39. The van der Waals surface area contributed by atoms with E-state index in [0.717, 1.165) is 0 Å². The largest absolute Gasteiger partial charge is 0.384 e. The molecule has 3 heterocycles. The molecule has 0 unspecified atom stereocenters. The zero-order valence-electron chi connectivity index (χ0n) is 16.8. The number of tetrazole rings is 1. The van der Waals surface area contributed by atoms with E-state index in [0.29, 0.717) is 32.7 Å². The van der Waals surface area contributed by atoms with E-state index in [9.17, 15) is 9.59 Å². The van der Waals surface area contributed by atoms with E-state index in [4.69, 9.17) is 4.74 Å². The summed E-state index contributed by atoms with van der Waals surface area (Å²) in [6.45, 7) is 4.59. The smallest absolute Gasteiger partial charge is 0.244 e. The highest BCUT2D eigenvalue weighted by atomic mass is 16.5. The number of amides is 2. The summed E-state index contributed by atoms with van der Waals surface area (Å²) in [5.41, 5.74) is 2.33. The highest BCUT2D eigenvalue weighted by Crippen LogP contribution is 2.46. The van der Waals surface area contributed by atoms with Crippen LogP contribution in [0.4, 0.5) is 0 Å². The molecule has 3 atom stereocenters. The minimum Gasteiger partial charge on any atom is -0.384 e. The van der Waals surface area contributed by atoms with Crippen LogP contribution in [-0.4, -0.2) is 75.2 Å². The van der Waals surface area contributed by atoms with Gasteiger partial charge >= 0.3 is 0 Å². The molecule has 9 nitrogen and oxygen atoms in total. The SMILES string of the molecule is COCCC(=O)N1C[C@@H]2CN(C(=O)Cn3cnnn3)C[C@@H]2[C@H]1c1ccccc1C. The maximum Gasteiger partial charge on any atom is 0.244 e. The van der Waals surface area contributed by atoms with Gasteiger partial charge in [-0.05, 0) is 28.5 Å². The molecule has 0 aliphatic carbocycles.